The molecule has 27 heavy (non-hydrogen) atoms. The van der Waals surface area contributed by atoms with Gasteiger partial charge in [0.2, 0.25) is 5.91 Å². The smallest absolute Gasteiger partial charge is 0.338 e. The van der Waals surface area contributed by atoms with Crippen LogP contribution in [-0.4, -0.2) is 23.9 Å². The number of carbonyl (C=O) groups is 3. The molecule has 0 aliphatic carbocycles. The van der Waals surface area contributed by atoms with E-state index in [1.54, 1.807) is 12.1 Å². The van der Waals surface area contributed by atoms with E-state index < -0.39 is 18.0 Å². The number of amides is 2. The van der Waals surface area contributed by atoms with E-state index in [0.717, 1.165) is 22.4 Å². The fourth-order valence-corrected chi connectivity index (χ4v) is 2.78. The number of nitrogens with one attached hydrogen (secondary N) is 2. The number of esters is 1. The lowest BCUT2D eigenvalue weighted by atomic mass is 10.0. The molecule has 2 N–H and O–H groups in total. The van der Waals surface area contributed by atoms with Crippen molar-refractivity contribution in [3.63, 3.8) is 0 Å². The number of hydrogen-bond donors (Lipinski definition) is 2. The first kappa shape index (κ1) is 20.2. The summed E-state index contributed by atoms with van der Waals surface area (Å²) >= 11 is 0. The van der Waals surface area contributed by atoms with Crippen LogP contribution in [0.25, 0.3) is 0 Å². The summed E-state index contributed by atoms with van der Waals surface area (Å²) in [7, 11) is 0. The SMILES string of the molecule is CC(=O)Nc1ccc(C(=O)O[C@@H](C)C(=O)Nc2c(C)cc(C)cc2C)cc1. The summed E-state index contributed by atoms with van der Waals surface area (Å²) in [6.45, 7) is 8.76. The van der Waals surface area contributed by atoms with Gasteiger partial charge in [-0.05, 0) is 63.1 Å². The maximum atomic E-state index is 12.4. The van der Waals surface area contributed by atoms with Crippen LogP contribution in [0.5, 0.6) is 0 Å². The minimum atomic E-state index is -0.951. The number of ether oxygens (including phenoxy) is 1. The highest BCUT2D eigenvalue weighted by Crippen LogP contribution is 2.22. The Balaban J connectivity index is 2.01. The third kappa shape index (κ3) is 5.41. The summed E-state index contributed by atoms with van der Waals surface area (Å²) in [5.41, 5.74) is 4.63. The number of carbonyl (C=O) groups excluding carboxylic acids is 3. The monoisotopic (exact) mass is 368 g/mol. The lowest BCUT2D eigenvalue weighted by Gasteiger charge is -2.17. The van der Waals surface area contributed by atoms with Crippen LogP contribution in [-0.2, 0) is 14.3 Å². The third-order valence-electron chi connectivity index (χ3n) is 4.02. The Morgan fingerprint density at radius 2 is 1.48 bits per heavy atom. The zero-order valence-electron chi connectivity index (χ0n) is 16.2. The Morgan fingerprint density at radius 1 is 0.926 bits per heavy atom. The molecule has 2 amide bonds. The van der Waals surface area contributed by atoms with Crippen molar-refractivity contribution in [3.05, 3.63) is 58.7 Å². The van der Waals surface area contributed by atoms with Gasteiger partial charge in [-0.2, -0.15) is 0 Å². The van der Waals surface area contributed by atoms with E-state index in [4.69, 9.17) is 4.74 Å². The highest BCUT2D eigenvalue weighted by Gasteiger charge is 2.20. The van der Waals surface area contributed by atoms with Crippen LogP contribution in [0, 0.1) is 20.8 Å². The Kier molecular flexibility index (Phi) is 6.34. The zero-order chi connectivity index (χ0) is 20.1. The molecule has 0 bridgehead atoms. The van der Waals surface area contributed by atoms with Gasteiger partial charge in [0.05, 0.1) is 5.56 Å². The highest BCUT2D eigenvalue weighted by atomic mass is 16.5. The van der Waals surface area contributed by atoms with Crippen molar-refractivity contribution in [1.29, 1.82) is 0 Å². The normalized spacial score (nSPS) is 11.4. The first-order valence-corrected chi connectivity index (χ1v) is 8.64. The van der Waals surface area contributed by atoms with Gasteiger partial charge in [0, 0.05) is 18.3 Å². The number of anilines is 2. The maximum Gasteiger partial charge on any atom is 0.338 e. The van der Waals surface area contributed by atoms with E-state index in [0.29, 0.717) is 11.3 Å². The standard InChI is InChI=1S/C21H24N2O4/c1-12-10-13(2)19(14(3)11-12)23-20(25)15(4)27-21(26)17-6-8-18(9-7-17)22-16(5)24/h6-11,15H,1-5H3,(H,22,24)(H,23,25)/t15-/m0/s1. The molecular formula is C21H24N2O4. The maximum absolute atomic E-state index is 12.4. The van der Waals surface area contributed by atoms with Gasteiger partial charge in [0.15, 0.2) is 6.10 Å². The highest BCUT2D eigenvalue weighted by molar-refractivity contribution is 5.98. The van der Waals surface area contributed by atoms with Gasteiger partial charge < -0.3 is 15.4 Å². The van der Waals surface area contributed by atoms with Crippen LogP contribution in [0.1, 0.15) is 40.9 Å². The second kappa shape index (κ2) is 8.49. The van der Waals surface area contributed by atoms with Gasteiger partial charge in [-0.25, -0.2) is 4.79 Å². The van der Waals surface area contributed by atoms with E-state index >= 15 is 0 Å². The molecular weight excluding hydrogens is 344 g/mol. The van der Waals surface area contributed by atoms with Gasteiger partial charge in [-0.15, -0.1) is 0 Å². The zero-order valence-corrected chi connectivity index (χ0v) is 16.2. The van der Waals surface area contributed by atoms with Gasteiger partial charge in [-0.1, -0.05) is 17.7 Å². The molecule has 142 valence electrons. The Morgan fingerprint density at radius 3 is 2.00 bits per heavy atom. The Labute approximate surface area is 158 Å². The van der Waals surface area contributed by atoms with Gasteiger partial charge >= 0.3 is 5.97 Å². The second-order valence-electron chi connectivity index (χ2n) is 6.57. The second-order valence-corrected chi connectivity index (χ2v) is 6.57. The quantitative estimate of drug-likeness (QED) is 0.787. The van der Waals surface area contributed by atoms with Crippen LogP contribution in [0.15, 0.2) is 36.4 Å². The molecule has 2 rings (SSSR count). The number of hydrogen-bond acceptors (Lipinski definition) is 4. The van der Waals surface area contributed by atoms with Crippen molar-refractivity contribution in [3.8, 4) is 0 Å². The fraction of sp³-hybridized carbons (Fsp3) is 0.286. The van der Waals surface area contributed by atoms with Crippen LogP contribution in [0.3, 0.4) is 0 Å². The topological polar surface area (TPSA) is 84.5 Å². The molecule has 0 fully saturated rings. The average Bonchev–Trinajstić information content (AvgIpc) is 2.57. The summed E-state index contributed by atoms with van der Waals surface area (Å²) in [5, 5.41) is 5.45. The fourth-order valence-electron chi connectivity index (χ4n) is 2.78. The van der Waals surface area contributed by atoms with E-state index in [9.17, 15) is 14.4 Å². The van der Waals surface area contributed by atoms with Crippen LogP contribution in [0.2, 0.25) is 0 Å². The molecule has 0 aliphatic rings. The number of rotatable bonds is 5. The molecule has 0 spiro atoms. The first-order valence-electron chi connectivity index (χ1n) is 8.64. The molecule has 0 heterocycles. The summed E-state index contributed by atoms with van der Waals surface area (Å²) in [4.78, 5) is 35.7. The molecule has 6 nitrogen and oxygen atoms in total. The van der Waals surface area contributed by atoms with Crippen LogP contribution >= 0.6 is 0 Å². The molecule has 0 radical (unpaired) electrons. The minimum Gasteiger partial charge on any atom is -0.449 e. The molecule has 2 aromatic rings. The average molecular weight is 368 g/mol. The Bertz CT molecular complexity index is 849. The van der Waals surface area contributed by atoms with Gasteiger partial charge in [0.25, 0.3) is 5.91 Å². The lowest BCUT2D eigenvalue weighted by molar-refractivity contribution is -0.123. The van der Waals surface area contributed by atoms with Crippen molar-refractivity contribution in [2.45, 2.75) is 40.7 Å². The third-order valence-corrected chi connectivity index (χ3v) is 4.02. The van der Waals surface area contributed by atoms with E-state index in [1.165, 1.54) is 26.0 Å². The van der Waals surface area contributed by atoms with E-state index in [-0.39, 0.29) is 5.91 Å². The summed E-state index contributed by atoms with van der Waals surface area (Å²) in [5.74, 6) is -1.20. The summed E-state index contributed by atoms with van der Waals surface area (Å²) in [6, 6.07) is 10.2. The summed E-state index contributed by atoms with van der Waals surface area (Å²) < 4.78 is 5.26. The van der Waals surface area contributed by atoms with Crippen molar-refractivity contribution in [2.75, 3.05) is 10.6 Å². The van der Waals surface area contributed by atoms with Gasteiger partial charge in [-0.3, -0.25) is 9.59 Å². The minimum absolute atomic E-state index is 0.197. The van der Waals surface area contributed by atoms with Crippen molar-refractivity contribution < 1.29 is 19.1 Å². The molecule has 0 aliphatic heterocycles. The number of aryl methyl sites for hydroxylation is 3. The van der Waals surface area contributed by atoms with E-state index in [1.807, 2.05) is 32.9 Å². The molecule has 2 aromatic carbocycles. The molecule has 1 atom stereocenters. The van der Waals surface area contributed by atoms with Gasteiger partial charge in [0.1, 0.15) is 0 Å². The molecule has 0 saturated carbocycles. The molecule has 0 saturated heterocycles. The predicted octanol–water partition coefficient (Wildman–Crippen LogP) is 3.75. The van der Waals surface area contributed by atoms with Crippen molar-refractivity contribution in [1.82, 2.24) is 0 Å². The lowest BCUT2D eigenvalue weighted by Crippen LogP contribution is -2.30. The summed E-state index contributed by atoms with van der Waals surface area (Å²) in [6.07, 6.45) is -0.951. The number of benzene rings is 2. The molecule has 0 unspecified atom stereocenters. The molecule has 6 heteroatoms. The van der Waals surface area contributed by atoms with E-state index in [2.05, 4.69) is 10.6 Å². The molecule has 0 aromatic heterocycles. The van der Waals surface area contributed by atoms with Crippen LogP contribution < -0.4 is 10.6 Å². The van der Waals surface area contributed by atoms with Crippen molar-refractivity contribution in [2.24, 2.45) is 0 Å². The van der Waals surface area contributed by atoms with Crippen LogP contribution in [0.4, 0.5) is 11.4 Å². The predicted molar refractivity (Wildman–Crippen MR) is 105 cm³/mol. The largest absolute Gasteiger partial charge is 0.449 e. The first-order chi connectivity index (χ1) is 12.7. The van der Waals surface area contributed by atoms with Crippen molar-refractivity contribution >= 4 is 29.2 Å². The Hall–Kier alpha value is -3.15.